The number of rotatable bonds is 7. The molecule has 0 aliphatic rings. The maximum absolute atomic E-state index is 11.2. The molecular weight excluding hydrogens is 326 g/mol. The summed E-state index contributed by atoms with van der Waals surface area (Å²) in [7, 11) is -9.26. The monoisotopic (exact) mass is 340 g/mol. The average Bonchev–Trinajstić information content (AvgIpc) is 1.98. The Balaban J connectivity index is 4.11. The van der Waals surface area contributed by atoms with Gasteiger partial charge in [0.2, 0.25) is 0 Å². The van der Waals surface area contributed by atoms with Crippen LogP contribution in [-0.4, -0.2) is 36.9 Å². The molecule has 0 amide bonds. The Morgan fingerprint density at radius 2 is 1.81 bits per heavy atom. The van der Waals surface area contributed by atoms with Crippen LogP contribution in [0.3, 0.4) is 0 Å². The molecule has 0 heterocycles. The number of halogens is 1. The van der Waals surface area contributed by atoms with E-state index in [4.69, 9.17) is 14.7 Å². The number of hydrogen-bond acceptors (Lipinski definition) is 4. The third kappa shape index (κ3) is 8.84. The number of alkyl halides is 1. The zero-order valence-electron chi connectivity index (χ0n) is 8.61. The zero-order valence-corrected chi connectivity index (χ0v) is 12.0. The lowest BCUT2D eigenvalue weighted by Gasteiger charge is -2.20. The molecule has 4 N–H and O–H groups in total. The molecule has 0 radical (unpaired) electrons. The van der Waals surface area contributed by atoms with Crippen LogP contribution >= 0.6 is 31.3 Å². The molecule has 0 fully saturated rings. The second kappa shape index (κ2) is 6.07. The lowest BCUT2D eigenvalue weighted by molar-refractivity contribution is 0.0765. The summed E-state index contributed by atoms with van der Waals surface area (Å²) in [5.41, 5.74) is -1.03. The fourth-order valence-corrected chi connectivity index (χ4v) is 3.43. The maximum Gasteiger partial charge on any atom is 0.476 e. The molecule has 0 aromatic carbocycles. The highest BCUT2D eigenvalue weighted by molar-refractivity contribution is 9.09. The van der Waals surface area contributed by atoms with Gasteiger partial charge in [0.15, 0.2) is 0 Å². The summed E-state index contributed by atoms with van der Waals surface area (Å²) in [5, 5.41) is 9.84. The van der Waals surface area contributed by atoms with Gasteiger partial charge in [0.1, 0.15) is 0 Å². The molecule has 2 unspecified atom stereocenters. The Morgan fingerprint density at radius 1 is 1.31 bits per heavy atom. The van der Waals surface area contributed by atoms with E-state index in [9.17, 15) is 14.2 Å². The van der Waals surface area contributed by atoms with Crippen molar-refractivity contribution in [2.75, 3.05) is 11.5 Å². The molecule has 10 heteroatoms. The Hall–Kier alpha value is 0.740. The van der Waals surface area contributed by atoms with Gasteiger partial charge in [0.05, 0.1) is 11.8 Å². The first kappa shape index (κ1) is 16.7. The first-order chi connectivity index (χ1) is 6.97. The van der Waals surface area contributed by atoms with Crippen LogP contribution in [0, 0.1) is 0 Å². The number of phosphoric acid groups is 1. The highest BCUT2D eigenvalue weighted by Gasteiger charge is 2.31. The van der Waals surface area contributed by atoms with E-state index in [0.29, 0.717) is 5.33 Å². The Morgan fingerprint density at radius 3 is 2.19 bits per heavy atom. The van der Waals surface area contributed by atoms with Crippen LogP contribution in [0.5, 0.6) is 0 Å². The van der Waals surface area contributed by atoms with Crippen LogP contribution in [0.4, 0.5) is 0 Å². The van der Waals surface area contributed by atoms with Crippen molar-refractivity contribution in [3.8, 4) is 0 Å². The van der Waals surface area contributed by atoms with E-state index < -0.39 is 27.2 Å². The van der Waals surface area contributed by atoms with Gasteiger partial charge in [-0.1, -0.05) is 15.9 Å². The van der Waals surface area contributed by atoms with Crippen molar-refractivity contribution >= 4 is 31.3 Å². The summed E-state index contributed by atoms with van der Waals surface area (Å²) in [4.78, 5) is 25.8. The fourth-order valence-electron chi connectivity index (χ4n) is 0.934. The van der Waals surface area contributed by atoms with Crippen molar-refractivity contribution in [3.05, 3.63) is 0 Å². The SMILES string of the molecule is CC(O)(CBr)CCCP(=O)(O)OP(=O)(O)O. The Bertz CT molecular complexity index is 312. The van der Waals surface area contributed by atoms with E-state index in [1.54, 1.807) is 0 Å². The predicted octanol–water partition coefficient (Wildman–Crippen LogP) is 1.21. The summed E-state index contributed by atoms with van der Waals surface area (Å²) < 4.78 is 25.3. The van der Waals surface area contributed by atoms with Gasteiger partial charge in [-0.25, -0.2) is 8.88 Å². The topological polar surface area (TPSA) is 124 Å². The molecule has 0 bridgehead atoms. The summed E-state index contributed by atoms with van der Waals surface area (Å²) in [5.74, 6) is 0. The molecule has 0 spiro atoms. The molecule has 98 valence electrons. The molecule has 2 atom stereocenters. The Labute approximate surface area is 102 Å². The molecule has 0 aliphatic carbocycles. The molecule has 16 heavy (non-hydrogen) atoms. The number of aliphatic hydroxyl groups is 1. The van der Waals surface area contributed by atoms with Crippen molar-refractivity contribution < 1.29 is 33.2 Å². The van der Waals surface area contributed by atoms with Gasteiger partial charge in [-0.3, -0.25) is 4.57 Å². The van der Waals surface area contributed by atoms with E-state index in [-0.39, 0.29) is 12.8 Å². The standard InChI is InChI=1S/C6H15BrO7P2/c1-6(8,5-7)3-2-4-15(9,10)14-16(11,12)13/h8H,2-5H2,1H3,(H,9,10)(H2,11,12,13). The highest BCUT2D eigenvalue weighted by Crippen LogP contribution is 2.57. The second-order valence-electron chi connectivity index (χ2n) is 3.67. The lowest BCUT2D eigenvalue weighted by atomic mass is 10.0. The van der Waals surface area contributed by atoms with Gasteiger partial charge in [-0.2, -0.15) is 0 Å². The zero-order chi connectivity index (χ0) is 13.0. The predicted molar refractivity (Wildman–Crippen MR) is 61.5 cm³/mol. The van der Waals surface area contributed by atoms with Crippen LogP contribution in [0.1, 0.15) is 19.8 Å². The minimum Gasteiger partial charge on any atom is -0.389 e. The maximum atomic E-state index is 11.2. The van der Waals surface area contributed by atoms with Gasteiger partial charge in [-0.15, -0.1) is 0 Å². The van der Waals surface area contributed by atoms with Crippen LogP contribution in [-0.2, 0) is 13.4 Å². The molecule has 0 saturated carbocycles. The van der Waals surface area contributed by atoms with Gasteiger partial charge in [0.25, 0.3) is 0 Å². The molecular formula is C6H15BrO7P2. The van der Waals surface area contributed by atoms with E-state index in [1.165, 1.54) is 6.92 Å². The van der Waals surface area contributed by atoms with Crippen LogP contribution in [0.2, 0.25) is 0 Å². The van der Waals surface area contributed by atoms with E-state index >= 15 is 0 Å². The van der Waals surface area contributed by atoms with Crippen LogP contribution < -0.4 is 0 Å². The Kier molecular flexibility index (Phi) is 6.35. The lowest BCUT2D eigenvalue weighted by Crippen LogP contribution is -2.26. The van der Waals surface area contributed by atoms with Crippen molar-refractivity contribution in [1.82, 2.24) is 0 Å². The molecule has 7 nitrogen and oxygen atoms in total. The highest BCUT2D eigenvalue weighted by atomic mass is 79.9. The first-order valence-corrected chi connectivity index (χ1v) is 8.76. The molecule has 0 aliphatic heterocycles. The third-order valence-electron chi connectivity index (χ3n) is 1.68. The number of hydrogen-bond donors (Lipinski definition) is 4. The van der Waals surface area contributed by atoms with Crippen molar-refractivity contribution in [2.24, 2.45) is 0 Å². The van der Waals surface area contributed by atoms with E-state index in [1.807, 2.05) is 0 Å². The second-order valence-corrected chi connectivity index (χ2v) is 7.58. The summed E-state index contributed by atoms with van der Waals surface area (Å²) >= 11 is 3.06. The van der Waals surface area contributed by atoms with Gasteiger partial charge < -0.3 is 19.8 Å². The van der Waals surface area contributed by atoms with Gasteiger partial charge in [0, 0.05) is 5.33 Å². The average molecular weight is 341 g/mol. The van der Waals surface area contributed by atoms with Gasteiger partial charge in [-0.05, 0) is 19.8 Å². The van der Waals surface area contributed by atoms with E-state index in [0.717, 1.165) is 0 Å². The fraction of sp³-hybridized carbons (Fsp3) is 1.00. The molecule has 0 saturated heterocycles. The normalized spacial score (nSPS) is 20.1. The molecule has 0 rings (SSSR count). The third-order valence-corrected chi connectivity index (χ3v) is 5.64. The quantitative estimate of drug-likeness (QED) is 0.405. The van der Waals surface area contributed by atoms with Crippen LogP contribution in [0.25, 0.3) is 0 Å². The summed E-state index contributed by atoms with van der Waals surface area (Å²) in [6.45, 7) is 1.54. The van der Waals surface area contributed by atoms with Crippen molar-refractivity contribution in [1.29, 1.82) is 0 Å². The minimum absolute atomic E-state index is 0.117. The summed E-state index contributed by atoms with van der Waals surface area (Å²) in [6, 6.07) is 0. The molecule has 0 aromatic rings. The molecule has 0 aromatic heterocycles. The minimum atomic E-state index is -4.96. The van der Waals surface area contributed by atoms with Crippen molar-refractivity contribution in [2.45, 2.75) is 25.4 Å². The van der Waals surface area contributed by atoms with Crippen molar-refractivity contribution in [3.63, 3.8) is 0 Å². The smallest absolute Gasteiger partial charge is 0.389 e. The first-order valence-electron chi connectivity index (χ1n) is 4.34. The van der Waals surface area contributed by atoms with Gasteiger partial charge >= 0.3 is 15.4 Å². The summed E-state index contributed by atoms with van der Waals surface area (Å²) in [6.07, 6.45) is -0.0824. The largest absolute Gasteiger partial charge is 0.476 e. The van der Waals surface area contributed by atoms with E-state index in [2.05, 4.69) is 20.2 Å². The van der Waals surface area contributed by atoms with Crippen LogP contribution in [0.15, 0.2) is 0 Å².